The molecule has 0 saturated heterocycles. The third-order valence-electron chi connectivity index (χ3n) is 3.73. The number of amides is 2. The summed E-state index contributed by atoms with van der Waals surface area (Å²) in [5.74, 6) is -0.623. The first kappa shape index (κ1) is 17.1. The van der Waals surface area contributed by atoms with E-state index in [1.807, 2.05) is 12.2 Å². The zero-order valence-electron chi connectivity index (χ0n) is 12.8. The fourth-order valence-electron chi connectivity index (χ4n) is 2.45. The van der Waals surface area contributed by atoms with E-state index in [9.17, 15) is 14.0 Å². The summed E-state index contributed by atoms with van der Waals surface area (Å²) in [5, 5.41) is 14.6. The third-order valence-corrected chi connectivity index (χ3v) is 3.73. The summed E-state index contributed by atoms with van der Waals surface area (Å²) in [7, 11) is 0. The van der Waals surface area contributed by atoms with E-state index in [1.54, 1.807) is 0 Å². The summed E-state index contributed by atoms with van der Waals surface area (Å²) in [6, 6.07) is 5.28. The molecule has 23 heavy (non-hydrogen) atoms. The van der Waals surface area contributed by atoms with Crippen molar-refractivity contribution >= 4 is 11.8 Å². The van der Waals surface area contributed by atoms with E-state index >= 15 is 0 Å². The zero-order chi connectivity index (χ0) is 16.7. The van der Waals surface area contributed by atoms with E-state index in [1.165, 1.54) is 24.3 Å². The Bertz CT molecular complexity index is 572. The van der Waals surface area contributed by atoms with Crippen LogP contribution in [0.15, 0.2) is 36.4 Å². The van der Waals surface area contributed by atoms with Gasteiger partial charge in [0.25, 0.3) is 5.91 Å². The lowest BCUT2D eigenvalue weighted by Crippen LogP contribution is -2.33. The fourth-order valence-corrected chi connectivity index (χ4v) is 2.45. The van der Waals surface area contributed by atoms with Gasteiger partial charge in [-0.2, -0.15) is 0 Å². The zero-order valence-corrected chi connectivity index (χ0v) is 12.8. The largest absolute Gasteiger partial charge is 0.396 e. The van der Waals surface area contributed by atoms with Gasteiger partial charge < -0.3 is 15.7 Å². The van der Waals surface area contributed by atoms with Crippen molar-refractivity contribution in [3.05, 3.63) is 47.8 Å². The van der Waals surface area contributed by atoms with Crippen LogP contribution >= 0.6 is 0 Å². The van der Waals surface area contributed by atoms with Crippen molar-refractivity contribution in [1.29, 1.82) is 0 Å². The lowest BCUT2D eigenvalue weighted by atomic mass is 10.1. The number of carbonyl (C=O) groups is 2. The van der Waals surface area contributed by atoms with Gasteiger partial charge in [0.15, 0.2) is 0 Å². The average Bonchev–Trinajstić information content (AvgIpc) is 2.99. The van der Waals surface area contributed by atoms with E-state index < -0.39 is 0 Å². The number of benzene rings is 1. The molecule has 1 aromatic carbocycles. The Kier molecular flexibility index (Phi) is 6.29. The first-order valence-corrected chi connectivity index (χ1v) is 7.71. The minimum absolute atomic E-state index is 0.0199. The smallest absolute Gasteiger partial charge is 0.251 e. The molecule has 124 valence electrons. The number of nitrogens with one attached hydrogen (secondary N) is 2. The molecular weight excluding hydrogens is 299 g/mol. The Balaban J connectivity index is 1.61. The Hall–Kier alpha value is -2.21. The molecule has 0 unspecified atom stereocenters. The second kappa shape index (κ2) is 8.43. The lowest BCUT2D eigenvalue weighted by molar-refractivity contribution is -0.121. The number of rotatable bonds is 7. The van der Waals surface area contributed by atoms with E-state index in [-0.39, 0.29) is 36.2 Å². The van der Waals surface area contributed by atoms with Crippen molar-refractivity contribution in [1.82, 2.24) is 10.6 Å². The van der Waals surface area contributed by atoms with Crippen LogP contribution in [-0.4, -0.2) is 36.1 Å². The molecule has 0 aliphatic heterocycles. The van der Waals surface area contributed by atoms with Gasteiger partial charge in [0.05, 0.1) is 0 Å². The summed E-state index contributed by atoms with van der Waals surface area (Å²) in [4.78, 5) is 23.6. The van der Waals surface area contributed by atoms with Gasteiger partial charge in [0.2, 0.25) is 5.91 Å². The highest BCUT2D eigenvalue weighted by Crippen LogP contribution is 2.16. The lowest BCUT2D eigenvalue weighted by Gasteiger charge is -2.12. The van der Waals surface area contributed by atoms with Crippen LogP contribution in [0.2, 0.25) is 0 Å². The van der Waals surface area contributed by atoms with Crippen LogP contribution in [0, 0.1) is 11.7 Å². The van der Waals surface area contributed by atoms with Crippen molar-refractivity contribution in [2.45, 2.75) is 25.3 Å². The molecule has 1 aliphatic carbocycles. The molecule has 6 heteroatoms. The Morgan fingerprint density at radius 3 is 2.61 bits per heavy atom. The van der Waals surface area contributed by atoms with E-state index in [0.717, 1.165) is 6.42 Å². The normalized spacial score (nSPS) is 19.6. The summed E-state index contributed by atoms with van der Waals surface area (Å²) < 4.78 is 12.8. The standard InChI is InChI=1S/C17H21FN2O3/c18-14-6-4-13(5-7-14)17(23)19-9-1-2-16(22)20-15-8-3-12(10-15)11-21/h3-8,12,15,21H,1-2,9-11H2,(H,19,23)(H,20,22)/t12-,15+/m0/s1. The van der Waals surface area contributed by atoms with Crippen LogP contribution in [0.25, 0.3) is 0 Å². The molecule has 0 spiro atoms. The van der Waals surface area contributed by atoms with Crippen molar-refractivity contribution in [3.8, 4) is 0 Å². The van der Waals surface area contributed by atoms with E-state index in [4.69, 9.17) is 5.11 Å². The van der Waals surface area contributed by atoms with Crippen molar-refractivity contribution in [3.63, 3.8) is 0 Å². The Morgan fingerprint density at radius 1 is 1.22 bits per heavy atom. The predicted molar refractivity (Wildman–Crippen MR) is 84.2 cm³/mol. The molecule has 0 heterocycles. The van der Waals surface area contributed by atoms with Gasteiger partial charge in [-0.15, -0.1) is 0 Å². The number of aliphatic hydroxyl groups is 1. The minimum atomic E-state index is -0.386. The summed E-state index contributed by atoms with van der Waals surface area (Å²) in [6.45, 7) is 0.474. The SMILES string of the molecule is O=C(CCCNC(=O)c1ccc(F)cc1)N[C@@H]1C=C[C@H](CO)C1. The first-order chi connectivity index (χ1) is 11.1. The van der Waals surface area contributed by atoms with Crippen molar-refractivity contribution in [2.24, 2.45) is 5.92 Å². The number of hydrogen-bond donors (Lipinski definition) is 3. The molecule has 0 bridgehead atoms. The average molecular weight is 320 g/mol. The molecule has 1 aliphatic rings. The maximum atomic E-state index is 12.8. The van der Waals surface area contributed by atoms with Crippen LogP contribution in [-0.2, 0) is 4.79 Å². The van der Waals surface area contributed by atoms with Gasteiger partial charge in [-0.3, -0.25) is 9.59 Å². The third kappa shape index (κ3) is 5.49. The fraction of sp³-hybridized carbons (Fsp3) is 0.412. The van der Waals surface area contributed by atoms with Gasteiger partial charge >= 0.3 is 0 Å². The number of carbonyl (C=O) groups excluding carboxylic acids is 2. The molecule has 2 amide bonds. The molecular formula is C17H21FN2O3. The molecule has 5 nitrogen and oxygen atoms in total. The molecule has 1 aromatic rings. The minimum Gasteiger partial charge on any atom is -0.396 e. The predicted octanol–water partition coefficient (Wildman–Crippen LogP) is 1.39. The van der Waals surface area contributed by atoms with Gasteiger partial charge in [-0.05, 0) is 37.1 Å². The maximum absolute atomic E-state index is 12.8. The van der Waals surface area contributed by atoms with Gasteiger partial charge in [-0.1, -0.05) is 12.2 Å². The molecule has 0 saturated carbocycles. The molecule has 0 fully saturated rings. The van der Waals surface area contributed by atoms with Crippen LogP contribution in [0.1, 0.15) is 29.6 Å². The summed E-state index contributed by atoms with van der Waals surface area (Å²) in [5.41, 5.74) is 0.391. The Labute approximate surface area is 134 Å². The van der Waals surface area contributed by atoms with Crippen LogP contribution < -0.4 is 10.6 Å². The van der Waals surface area contributed by atoms with Crippen molar-refractivity contribution in [2.75, 3.05) is 13.2 Å². The quantitative estimate of drug-likeness (QED) is 0.525. The van der Waals surface area contributed by atoms with E-state index in [0.29, 0.717) is 24.9 Å². The van der Waals surface area contributed by atoms with Crippen molar-refractivity contribution < 1.29 is 19.1 Å². The number of aliphatic hydroxyl groups excluding tert-OH is 1. The molecule has 0 aromatic heterocycles. The van der Waals surface area contributed by atoms with Gasteiger partial charge in [0.1, 0.15) is 5.82 Å². The molecule has 3 N–H and O–H groups in total. The van der Waals surface area contributed by atoms with Gasteiger partial charge in [-0.25, -0.2) is 4.39 Å². The maximum Gasteiger partial charge on any atom is 0.251 e. The summed E-state index contributed by atoms with van der Waals surface area (Å²) in [6.07, 6.45) is 5.38. The second-order valence-electron chi connectivity index (χ2n) is 5.60. The molecule has 0 radical (unpaired) electrons. The highest BCUT2D eigenvalue weighted by Gasteiger charge is 2.19. The van der Waals surface area contributed by atoms with Gasteiger partial charge in [0, 0.05) is 37.1 Å². The molecule has 2 rings (SSSR count). The highest BCUT2D eigenvalue weighted by molar-refractivity contribution is 5.94. The second-order valence-corrected chi connectivity index (χ2v) is 5.60. The monoisotopic (exact) mass is 320 g/mol. The Morgan fingerprint density at radius 2 is 1.96 bits per heavy atom. The highest BCUT2D eigenvalue weighted by atomic mass is 19.1. The number of halogens is 1. The van der Waals surface area contributed by atoms with Crippen LogP contribution in [0.3, 0.4) is 0 Å². The van der Waals surface area contributed by atoms with Crippen LogP contribution in [0.4, 0.5) is 4.39 Å². The molecule has 2 atom stereocenters. The topological polar surface area (TPSA) is 78.4 Å². The first-order valence-electron chi connectivity index (χ1n) is 7.71. The van der Waals surface area contributed by atoms with E-state index in [2.05, 4.69) is 10.6 Å². The van der Waals surface area contributed by atoms with Crippen LogP contribution in [0.5, 0.6) is 0 Å². The number of hydrogen-bond acceptors (Lipinski definition) is 3. The summed E-state index contributed by atoms with van der Waals surface area (Å²) >= 11 is 0.